The third kappa shape index (κ3) is 2.75. The first-order valence-electron chi connectivity index (χ1n) is 6.49. The van der Waals surface area contributed by atoms with Crippen molar-refractivity contribution in [1.82, 2.24) is 5.32 Å². The molecule has 2 N–H and O–H groups in total. The fourth-order valence-electron chi connectivity index (χ4n) is 2.52. The lowest BCUT2D eigenvalue weighted by Gasteiger charge is -2.27. The maximum absolute atomic E-state index is 12.2. The predicted octanol–water partition coefficient (Wildman–Crippen LogP) is 2.65. The van der Waals surface area contributed by atoms with E-state index in [0.717, 1.165) is 30.6 Å². The second-order valence-electron chi connectivity index (χ2n) is 5.70. The van der Waals surface area contributed by atoms with Crippen LogP contribution in [0.2, 0.25) is 0 Å². The Labute approximate surface area is 112 Å². The molecule has 1 heterocycles. The first-order chi connectivity index (χ1) is 8.44. The molecular formula is C14H21NO2S. The van der Waals surface area contributed by atoms with Crippen LogP contribution in [0.25, 0.3) is 0 Å². The Balaban J connectivity index is 1.93. The van der Waals surface area contributed by atoms with E-state index in [9.17, 15) is 9.90 Å². The molecule has 100 valence electrons. The molecule has 18 heavy (non-hydrogen) atoms. The average Bonchev–Trinajstić information content (AvgIpc) is 2.97. The number of carbonyl (C=O) groups excluding carboxylic acids is 1. The van der Waals surface area contributed by atoms with Crippen LogP contribution in [0.4, 0.5) is 0 Å². The Kier molecular flexibility index (Phi) is 3.78. The third-order valence-corrected chi connectivity index (χ3v) is 5.02. The molecule has 0 aliphatic heterocycles. The number of thiophene rings is 1. The first-order valence-corrected chi connectivity index (χ1v) is 7.37. The van der Waals surface area contributed by atoms with Crippen molar-refractivity contribution in [2.75, 3.05) is 6.54 Å². The predicted molar refractivity (Wildman–Crippen MR) is 73.5 cm³/mol. The van der Waals surface area contributed by atoms with Crippen LogP contribution >= 0.6 is 11.3 Å². The highest BCUT2D eigenvalue weighted by atomic mass is 32.1. The number of aliphatic hydroxyl groups is 1. The summed E-state index contributed by atoms with van der Waals surface area (Å²) < 4.78 is 0. The molecule has 0 saturated heterocycles. The molecule has 1 atom stereocenters. The molecular weight excluding hydrogens is 246 g/mol. The molecule has 1 aromatic rings. The number of nitrogens with one attached hydrogen (secondary N) is 1. The molecule has 0 unspecified atom stereocenters. The van der Waals surface area contributed by atoms with Gasteiger partial charge in [0.2, 0.25) is 5.91 Å². The number of rotatable bonds is 4. The van der Waals surface area contributed by atoms with Crippen molar-refractivity contribution in [2.24, 2.45) is 5.41 Å². The molecule has 0 spiro atoms. The van der Waals surface area contributed by atoms with Crippen LogP contribution in [0.1, 0.15) is 44.4 Å². The molecule has 2 rings (SSSR count). The summed E-state index contributed by atoms with van der Waals surface area (Å²) in [7, 11) is 0. The van der Waals surface area contributed by atoms with Crippen LogP contribution in [0.15, 0.2) is 17.5 Å². The maximum atomic E-state index is 12.2. The highest BCUT2D eigenvalue weighted by molar-refractivity contribution is 7.10. The Morgan fingerprint density at radius 2 is 2.22 bits per heavy atom. The minimum Gasteiger partial charge on any atom is -0.383 e. The minimum atomic E-state index is -0.973. The van der Waals surface area contributed by atoms with E-state index < -0.39 is 5.60 Å². The van der Waals surface area contributed by atoms with Gasteiger partial charge in [0.25, 0.3) is 0 Å². The fraction of sp³-hybridized carbons (Fsp3) is 0.643. The molecule has 0 bridgehead atoms. The van der Waals surface area contributed by atoms with Crippen molar-refractivity contribution >= 4 is 17.2 Å². The van der Waals surface area contributed by atoms with Crippen LogP contribution < -0.4 is 5.32 Å². The largest absolute Gasteiger partial charge is 0.383 e. The second kappa shape index (κ2) is 5.02. The van der Waals surface area contributed by atoms with E-state index >= 15 is 0 Å². The van der Waals surface area contributed by atoms with Gasteiger partial charge >= 0.3 is 0 Å². The zero-order valence-electron chi connectivity index (χ0n) is 11.0. The van der Waals surface area contributed by atoms with Crippen molar-refractivity contribution in [3.05, 3.63) is 22.4 Å². The summed E-state index contributed by atoms with van der Waals surface area (Å²) in [6.45, 7) is 4.05. The van der Waals surface area contributed by atoms with Gasteiger partial charge in [0.15, 0.2) is 0 Å². The summed E-state index contributed by atoms with van der Waals surface area (Å²) in [6, 6.07) is 3.81. The van der Waals surface area contributed by atoms with E-state index in [4.69, 9.17) is 0 Å². The van der Waals surface area contributed by atoms with Crippen molar-refractivity contribution in [3.63, 3.8) is 0 Å². The fourth-order valence-corrected chi connectivity index (χ4v) is 3.31. The Morgan fingerprint density at radius 3 is 2.78 bits per heavy atom. The summed E-state index contributed by atoms with van der Waals surface area (Å²) >= 11 is 1.51. The molecule has 1 aliphatic rings. The highest BCUT2D eigenvalue weighted by Gasteiger charge is 2.37. The minimum absolute atomic E-state index is 0.0804. The number of carbonyl (C=O) groups is 1. The average molecular weight is 267 g/mol. The molecule has 1 saturated carbocycles. The Morgan fingerprint density at radius 1 is 1.56 bits per heavy atom. The molecule has 0 radical (unpaired) electrons. The maximum Gasteiger partial charge on any atom is 0.226 e. The zero-order valence-corrected chi connectivity index (χ0v) is 11.8. The Bertz CT molecular complexity index is 405. The van der Waals surface area contributed by atoms with Crippen molar-refractivity contribution in [2.45, 2.75) is 45.1 Å². The van der Waals surface area contributed by atoms with Gasteiger partial charge in [-0.15, -0.1) is 11.3 Å². The van der Waals surface area contributed by atoms with Crippen LogP contribution in [-0.4, -0.2) is 17.6 Å². The van der Waals surface area contributed by atoms with E-state index in [0.29, 0.717) is 0 Å². The lowest BCUT2D eigenvalue weighted by Crippen LogP contribution is -2.43. The van der Waals surface area contributed by atoms with Gasteiger partial charge in [-0.1, -0.05) is 25.8 Å². The zero-order chi connectivity index (χ0) is 13.2. The first kappa shape index (κ1) is 13.6. The van der Waals surface area contributed by atoms with Crippen LogP contribution in [0.5, 0.6) is 0 Å². The quantitative estimate of drug-likeness (QED) is 0.881. The summed E-state index contributed by atoms with van der Waals surface area (Å²) in [5.41, 5.74) is -1.20. The topological polar surface area (TPSA) is 49.3 Å². The van der Waals surface area contributed by atoms with Crippen molar-refractivity contribution < 1.29 is 9.90 Å². The van der Waals surface area contributed by atoms with Gasteiger partial charge in [0, 0.05) is 10.3 Å². The molecule has 1 aliphatic carbocycles. The second-order valence-corrected chi connectivity index (χ2v) is 6.65. The number of amides is 1. The van der Waals surface area contributed by atoms with Crippen LogP contribution in [0, 0.1) is 5.41 Å². The van der Waals surface area contributed by atoms with Gasteiger partial charge < -0.3 is 10.4 Å². The van der Waals surface area contributed by atoms with E-state index in [1.165, 1.54) is 11.3 Å². The molecule has 1 amide bonds. The lowest BCUT2D eigenvalue weighted by molar-refractivity contribution is -0.131. The van der Waals surface area contributed by atoms with Gasteiger partial charge in [-0.3, -0.25) is 4.79 Å². The molecule has 1 fully saturated rings. The van der Waals surface area contributed by atoms with Gasteiger partial charge in [-0.2, -0.15) is 0 Å². The van der Waals surface area contributed by atoms with E-state index in [1.807, 2.05) is 24.4 Å². The van der Waals surface area contributed by atoms with E-state index in [-0.39, 0.29) is 17.9 Å². The standard InChI is InChI=1S/C14H21NO2S/c1-13(7-3-4-8-13)12(16)15-10-14(2,17)11-6-5-9-18-11/h5-6,9,17H,3-4,7-8,10H2,1-2H3,(H,15,16)/t14-/m0/s1. The van der Waals surface area contributed by atoms with Crippen LogP contribution in [-0.2, 0) is 10.4 Å². The third-order valence-electron chi connectivity index (χ3n) is 3.90. The SMILES string of the molecule is CC1(C(=O)NC[C@](C)(O)c2cccs2)CCCC1. The Hall–Kier alpha value is -0.870. The van der Waals surface area contributed by atoms with Gasteiger partial charge in [0.05, 0.1) is 6.54 Å². The monoisotopic (exact) mass is 267 g/mol. The van der Waals surface area contributed by atoms with Crippen molar-refractivity contribution in [3.8, 4) is 0 Å². The van der Waals surface area contributed by atoms with Gasteiger partial charge in [0.1, 0.15) is 5.60 Å². The number of hydrogen-bond donors (Lipinski definition) is 2. The van der Waals surface area contributed by atoms with Gasteiger partial charge in [-0.25, -0.2) is 0 Å². The molecule has 3 nitrogen and oxygen atoms in total. The normalized spacial score (nSPS) is 21.5. The summed E-state index contributed by atoms with van der Waals surface area (Å²) in [4.78, 5) is 13.1. The summed E-state index contributed by atoms with van der Waals surface area (Å²) in [6.07, 6.45) is 4.18. The van der Waals surface area contributed by atoms with Crippen LogP contribution in [0.3, 0.4) is 0 Å². The van der Waals surface area contributed by atoms with Crippen molar-refractivity contribution in [1.29, 1.82) is 0 Å². The summed E-state index contributed by atoms with van der Waals surface area (Å²) in [5, 5.41) is 15.2. The number of hydrogen-bond acceptors (Lipinski definition) is 3. The van der Waals surface area contributed by atoms with Gasteiger partial charge in [-0.05, 0) is 31.2 Å². The highest BCUT2D eigenvalue weighted by Crippen LogP contribution is 2.37. The molecule has 1 aromatic heterocycles. The van der Waals surface area contributed by atoms with E-state index in [2.05, 4.69) is 5.32 Å². The molecule has 0 aromatic carbocycles. The lowest BCUT2D eigenvalue weighted by atomic mass is 9.87. The smallest absolute Gasteiger partial charge is 0.226 e. The van der Waals surface area contributed by atoms with E-state index in [1.54, 1.807) is 6.92 Å². The molecule has 4 heteroatoms. The summed E-state index contributed by atoms with van der Waals surface area (Å²) in [5.74, 6) is 0.0804.